The van der Waals surface area contributed by atoms with Crippen molar-refractivity contribution in [2.45, 2.75) is 4.90 Å². The van der Waals surface area contributed by atoms with Gasteiger partial charge < -0.3 is 0 Å². The normalized spacial score (nSPS) is 11.3. The van der Waals surface area contributed by atoms with Crippen molar-refractivity contribution >= 4 is 27.2 Å². The van der Waals surface area contributed by atoms with Crippen LogP contribution in [0.1, 0.15) is 10.4 Å². The molecule has 2 aromatic rings. The van der Waals surface area contributed by atoms with Crippen molar-refractivity contribution in [2.75, 3.05) is 5.75 Å². The Morgan fingerprint density at radius 3 is 2.25 bits per heavy atom. The zero-order valence-electron chi connectivity index (χ0n) is 10.2. The average molecular weight is 313 g/mol. The minimum Gasteiger partial charge on any atom is -0.293 e. The molecule has 0 radical (unpaired) electrons. The molecular formula is C14H10ClFO3S. The van der Waals surface area contributed by atoms with Crippen LogP contribution in [-0.2, 0) is 9.84 Å². The number of hydrogen-bond donors (Lipinski definition) is 0. The van der Waals surface area contributed by atoms with Crippen molar-refractivity contribution in [3.8, 4) is 0 Å². The number of halogens is 2. The van der Waals surface area contributed by atoms with E-state index in [9.17, 15) is 17.6 Å². The van der Waals surface area contributed by atoms with Crippen molar-refractivity contribution < 1.29 is 17.6 Å². The van der Waals surface area contributed by atoms with Gasteiger partial charge in [0.25, 0.3) is 0 Å². The van der Waals surface area contributed by atoms with Gasteiger partial charge in [-0.3, -0.25) is 4.79 Å². The second-order valence-electron chi connectivity index (χ2n) is 4.12. The molecule has 0 aliphatic carbocycles. The van der Waals surface area contributed by atoms with E-state index in [1.54, 1.807) is 0 Å². The number of hydrogen-bond acceptors (Lipinski definition) is 3. The molecule has 0 aromatic heterocycles. The number of benzene rings is 2. The monoisotopic (exact) mass is 312 g/mol. The predicted molar refractivity (Wildman–Crippen MR) is 74.2 cm³/mol. The van der Waals surface area contributed by atoms with Gasteiger partial charge in [0, 0.05) is 5.02 Å². The van der Waals surface area contributed by atoms with Gasteiger partial charge in [0.15, 0.2) is 15.6 Å². The van der Waals surface area contributed by atoms with E-state index in [1.165, 1.54) is 42.5 Å². The van der Waals surface area contributed by atoms with Crippen molar-refractivity contribution in [1.29, 1.82) is 0 Å². The molecule has 0 saturated carbocycles. The molecular weight excluding hydrogens is 303 g/mol. The van der Waals surface area contributed by atoms with Gasteiger partial charge in [0.05, 0.1) is 10.5 Å². The fourth-order valence-corrected chi connectivity index (χ4v) is 3.01. The lowest BCUT2D eigenvalue weighted by molar-refractivity contribution is 0.101. The fraction of sp³-hybridized carbons (Fsp3) is 0.0714. The van der Waals surface area contributed by atoms with E-state index in [1.807, 2.05) is 0 Å². The summed E-state index contributed by atoms with van der Waals surface area (Å²) in [5.74, 6) is -2.29. The first-order valence-electron chi connectivity index (χ1n) is 5.66. The average Bonchev–Trinajstić information content (AvgIpc) is 2.39. The zero-order valence-corrected chi connectivity index (χ0v) is 11.8. The number of Topliss-reactive ketones (excluding diaryl/α,β-unsaturated/α-hetero) is 1. The molecule has 0 spiro atoms. The van der Waals surface area contributed by atoms with Crippen molar-refractivity contribution in [2.24, 2.45) is 0 Å². The first kappa shape index (κ1) is 14.7. The van der Waals surface area contributed by atoms with Gasteiger partial charge >= 0.3 is 0 Å². The highest BCUT2D eigenvalue weighted by atomic mass is 35.5. The Morgan fingerprint density at radius 2 is 1.65 bits per heavy atom. The molecule has 2 aromatic carbocycles. The summed E-state index contributed by atoms with van der Waals surface area (Å²) in [6, 6.07) is 10.7. The Morgan fingerprint density at radius 1 is 1.05 bits per heavy atom. The summed E-state index contributed by atoms with van der Waals surface area (Å²) in [6.45, 7) is 0. The Hall–Kier alpha value is -1.72. The third kappa shape index (κ3) is 3.23. The Balaban J connectivity index is 2.27. The van der Waals surface area contributed by atoms with Crippen LogP contribution >= 0.6 is 11.6 Å². The molecule has 0 aliphatic heterocycles. The van der Waals surface area contributed by atoms with E-state index in [-0.39, 0.29) is 10.5 Å². The van der Waals surface area contributed by atoms with E-state index in [4.69, 9.17) is 11.6 Å². The van der Waals surface area contributed by atoms with Gasteiger partial charge in [-0.2, -0.15) is 0 Å². The number of sulfone groups is 1. The lowest BCUT2D eigenvalue weighted by Crippen LogP contribution is -2.17. The van der Waals surface area contributed by atoms with Crippen molar-refractivity contribution in [1.82, 2.24) is 0 Å². The smallest absolute Gasteiger partial charge is 0.185 e. The third-order valence-electron chi connectivity index (χ3n) is 2.67. The van der Waals surface area contributed by atoms with Crippen LogP contribution < -0.4 is 0 Å². The maximum absolute atomic E-state index is 13.4. The third-order valence-corrected chi connectivity index (χ3v) is 4.55. The van der Waals surface area contributed by atoms with Crippen molar-refractivity contribution in [3.05, 3.63) is 64.9 Å². The Bertz CT molecular complexity index is 739. The van der Waals surface area contributed by atoms with Gasteiger partial charge in [0.2, 0.25) is 0 Å². The number of rotatable bonds is 4. The highest BCUT2D eigenvalue weighted by molar-refractivity contribution is 7.92. The summed E-state index contributed by atoms with van der Waals surface area (Å²) >= 11 is 5.67. The summed E-state index contributed by atoms with van der Waals surface area (Å²) in [4.78, 5) is 11.9. The molecule has 0 unspecified atom stereocenters. The van der Waals surface area contributed by atoms with Crippen LogP contribution in [0, 0.1) is 5.82 Å². The molecule has 0 fully saturated rings. The van der Waals surface area contributed by atoms with Crippen molar-refractivity contribution in [3.63, 3.8) is 0 Å². The second kappa shape index (κ2) is 5.73. The largest absolute Gasteiger partial charge is 0.293 e. The molecule has 2 rings (SSSR count). The van der Waals surface area contributed by atoms with E-state index in [0.29, 0.717) is 5.02 Å². The lowest BCUT2D eigenvalue weighted by Gasteiger charge is -2.05. The standard InChI is InChI=1S/C14H10ClFO3S/c15-10-5-7-11(8-6-10)20(18,19)9-14(17)12-3-1-2-4-13(12)16/h1-8H,9H2. The van der Waals surface area contributed by atoms with Crippen LogP contribution in [0.3, 0.4) is 0 Å². The van der Waals surface area contributed by atoms with Gasteiger partial charge in [-0.05, 0) is 36.4 Å². The molecule has 0 bridgehead atoms. The molecule has 0 heterocycles. The molecule has 0 N–H and O–H groups in total. The molecule has 0 amide bonds. The second-order valence-corrected chi connectivity index (χ2v) is 6.54. The summed E-state index contributed by atoms with van der Waals surface area (Å²) < 4.78 is 37.5. The van der Waals surface area contributed by atoms with E-state index < -0.39 is 27.2 Å². The molecule has 104 valence electrons. The fourth-order valence-electron chi connectivity index (χ4n) is 1.66. The highest BCUT2D eigenvalue weighted by Gasteiger charge is 2.22. The first-order chi connectivity index (χ1) is 9.40. The highest BCUT2D eigenvalue weighted by Crippen LogP contribution is 2.17. The quantitative estimate of drug-likeness (QED) is 0.815. The SMILES string of the molecule is O=C(CS(=O)(=O)c1ccc(Cl)cc1)c1ccccc1F. The van der Waals surface area contributed by atoms with Crippen LogP contribution in [0.2, 0.25) is 5.02 Å². The Labute approximate surface area is 120 Å². The number of carbonyl (C=O) groups excluding carboxylic acids is 1. The minimum absolute atomic E-state index is 0.0217. The number of ketones is 1. The predicted octanol–water partition coefficient (Wildman–Crippen LogP) is 3.14. The maximum Gasteiger partial charge on any atom is 0.185 e. The van der Waals surface area contributed by atoms with Crippen LogP contribution in [0.4, 0.5) is 4.39 Å². The summed E-state index contributed by atoms with van der Waals surface area (Å²) in [5, 5.41) is 0.393. The Kier molecular flexibility index (Phi) is 4.20. The van der Waals surface area contributed by atoms with E-state index in [0.717, 1.165) is 6.07 Å². The minimum atomic E-state index is -3.82. The maximum atomic E-state index is 13.4. The summed E-state index contributed by atoms with van der Waals surface area (Å²) in [7, 11) is -3.82. The molecule has 0 atom stereocenters. The molecule has 6 heteroatoms. The molecule has 0 aliphatic rings. The van der Waals surface area contributed by atoms with Gasteiger partial charge in [-0.15, -0.1) is 0 Å². The topological polar surface area (TPSA) is 51.2 Å². The van der Waals surface area contributed by atoms with E-state index >= 15 is 0 Å². The van der Waals surface area contributed by atoms with Crippen LogP contribution in [0.15, 0.2) is 53.4 Å². The van der Waals surface area contributed by atoms with Gasteiger partial charge in [-0.1, -0.05) is 23.7 Å². The van der Waals surface area contributed by atoms with Crippen LogP contribution in [-0.4, -0.2) is 20.0 Å². The molecule has 20 heavy (non-hydrogen) atoms. The van der Waals surface area contributed by atoms with Crippen LogP contribution in [0.25, 0.3) is 0 Å². The first-order valence-corrected chi connectivity index (χ1v) is 7.69. The summed E-state index contributed by atoms with van der Waals surface area (Å²) in [5.41, 5.74) is -0.231. The molecule has 0 saturated heterocycles. The number of carbonyl (C=O) groups is 1. The van der Waals surface area contributed by atoms with Crippen LogP contribution in [0.5, 0.6) is 0 Å². The van der Waals surface area contributed by atoms with Gasteiger partial charge in [-0.25, -0.2) is 12.8 Å². The molecule has 3 nitrogen and oxygen atoms in total. The zero-order chi connectivity index (χ0) is 14.8. The van der Waals surface area contributed by atoms with E-state index in [2.05, 4.69) is 0 Å². The van der Waals surface area contributed by atoms with Gasteiger partial charge in [0.1, 0.15) is 11.6 Å². The summed E-state index contributed by atoms with van der Waals surface area (Å²) in [6.07, 6.45) is 0. The lowest BCUT2D eigenvalue weighted by atomic mass is 10.1.